The molecule has 0 bridgehead atoms. The van der Waals surface area contributed by atoms with Crippen molar-refractivity contribution in [1.82, 2.24) is 5.32 Å². The number of nitrogens with one attached hydrogen (secondary N) is 1. The third kappa shape index (κ3) is 2.81. The number of hydrogen-bond donors (Lipinski definition) is 1. The Hall–Kier alpha value is -1.80. The second-order valence-electron chi connectivity index (χ2n) is 5.66. The molecule has 2 aromatic carbocycles. The summed E-state index contributed by atoms with van der Waals surface area (Å²) in [6.07, 6.45) is 3.57. The van der Waals surface area contributed by atoms with Crippen LogP contribution in [0.5, 0.6) is 5.75 Å². The second kappa shape index (κ2) is 6.31. The van der Waals surface area contributed by atoms with Crippen molar-refractivity contribution < 1.29 is 4.74 Å². The molecule has 1 aliphatic rings. The summed E-state index contributed by atoms with van der Waals surface area (Å²) >= 11 is 0. The van der Waals surface area contributed by atoms with Gasteiger partial charge in [0, 0.05) is 11.6 Å². The predicted molar refractivity (Wildman–Crippen MR) is 87.8 cm³/mol. The molecule has 21 heavy (non-hydrogen) atoms. The molecule has 1 unspecified atom stereocenters. The first-order chi connectivity index (χ1) is 10.3. The van der Waals surface area contributed by atoms with Gasteiger partial charge in [0.25, 0.3) is 0 Å². The number of fused-ring (bicyclic) bond motifs is 1. The van der Waals surface area contributed by atoms with Crippen molar-refractivity contribution in [1.29, 1.82) is 0 Å². The topological polar surface area (TPSA) is 21.3 Å². The minimum Gasteiger partial charge on any atom is -0.496 e. The van der Waals surface area contributed by atoms with Crippen LogP contribution in [0.15, 0.2) is 42.5 Å². The van der Waals surface area contributed by atoms with E-state index in [0.29, 0.717) is 6.04 Å². The van der Waals surface area contributed by atoms with Gasteiger partial charge in [-0.25, -0.2) is 0 Å². The van der Waals surface area contributed by atoms with Crippen molar-refractivity contribution in [2.75, 3.05) is 13.7 Å². The normalized spacial score (nSPS) is 16.8. The Morgan fingerprint density at radius 3 is 2.86 bits per heavy atom. The number of hydrogen-bond acceptors (Lipinski definition) is 2. The minimum absolute atomic E-state index is 0.534. The van der Waals surface area contributed by atoms with Gasteiger partial charge in [0.2, 0.25) is 0 Å². The van der Waals surface area contributed by atoms with Crippen molar-refractivity contribution in [3.63, 3.8) is 0 Å². The van der Waals surface area contributed by atoms with E-state index in [1.165, 1.54) is 41.5 Å². The van der Waals surface area contributed by atoms with Gasteiger partial charge in [-0.1, -0.05) is 43.3 Å². The molecule has 0 radical (unpaired) electrons. The summed E-state index contributed by atoms with van der Waals surface area (Å²) in [4.78, 5) is 0. The van der Waals surface area contributed by atoms with Gasteiger partial charge in [-0.05, 0) is 48.6 Å². The molecule has 110 valence electrons. The Labute approximate surface area is 127 Å². The van der Waals surface area contributed by atoms with Crippen LogP contribution in [0.2, 0.25) is 0 Å². The first-order valence-electron chi connectivity index (χ1n) is 7.83. The standard InChI is InChI=1S/C19H23NO/c1-3-12-20-18-11-9-14-13-15(8-10-16(14)18)17-6-4-5-7-19(17)21-2/h4-8,10,13,18,20H,3,9,11-12H2,1-2H3. The van der Waals surface area contributed by atoms with Gasteiger partial charge in [-0.2, -0.15) is 0 Å². The third-order valence-electron chi connectivity index (χ3n) is 4.28. The SMILES string of the molecule is CCCNC1CCc2cc(-c3ccccc3OC)ccc21. The van der Waals surface area contributed by atoms with E-state index in [0.717, 1.165) is 12.3 Å². The lowest BCUT2D eigenvalue weighted by Gasteiger charge is -2.14. The predicted octanol–water partition coefficient (Wildman–Crippen LogP) is 4.35. The number of aryl methyl sites for hydroxylation is 1. The zero-order valence-electron chi connectivity index (χ0n) is 12.9. The van der Waals surface area contributed by atoms with Crippen LogP contribution in [-0.4, -0.2) is 13.7 Å². The molecular formula is C19H23NO. The Balaban J connectivity index is 1.91. The Morgan fingerprint density at radius 2 is 2.05 bits per heavy atom. The van der Waals surface area contributed by atoms with Crippen molar-refractivity contribution >= 4 is 0 Å². The van der Waals surface area contributed by atoms with Crippen LogP contribution >= 0.6 is 0 Å². The summed E-state index contributed by atoms with van der Waals surface area (Å²) in [6.45, 7) is 3.31. The largest absolute Gasteiger partial charge is 0.496 e. The molecule has 0 spiro atoms. The molecule has 2 nitrogen and oxygen atoms in total. The van der Waals surface area contributed by atoms with Gasteiger partial charge in [-0.15, -0.1) is 0 Å². The van der Waals surface area contributed by atoms with Crippen molar-refractivity contribution in [2.45, 2.75) is 32.2 Å². The summed E-state index contributed by atoms with van der Waals surface area (Å²) in [7, 11) is 1.73. The highest BCUT2D eigenvalue weighted by atomic mass is 16.5. The molecule has 2 heteroatoms. The lowest BCUT2D eigenvalue weighted by atomic mass is 9.99. The van der Waals surface area contributed by atoms with Crippen LogP contribution in [0.25, 0.3) is 11.1 Å². The molecule has 0 saturated heterocycles. The summed E-state index contributed by atoms with van der Waals surface area (Å²) in [5.74, 6) is 0.941. The monoisotopic (exact) mass is 281 g/mol. The fraction of sp³-hybridized carbons (Fsp3) is 0.368. The summed E-state index contributed by atoms with van der Waals surface area (Å²) in [6, 6.07) is 15.6. The maximum absolute atomic E-state index is 5.48. The first kappa shape index (κ1) is 14.2. The molecule has 3 rings (SSSR count). The number of ether oxygens (including phenoxy) is 1. The van der Waals surface area contributed by atoms with Crippen LogP contribution in [0.1, 0.15) is 36.9 Å². The van der Waals surface area contributed by atoms with E-state index in [-0.39, 0.29) is 0 Å². The lowest BCUT2D eigenvalue weighted by molar-refractivity contribution is 0.416. The van der Waals surface area contributed by atoms with Gasteiger partial charge < -0.3 is 10.1 Å². The maximum atomic E-state index is 5.48. The number of rotatable bonds is 5. The van der Waals surface area contributed by atoms with E-state index in [1.807, 2.05) is 12.1 Å². The molecule has 0 saturated carbocycles. The fourth-order valence-electron chi connectivity index (χ4n) is 3.20. The van der Waals surface area contributed by atoms with E-state index in [9.17, 15) is 0 Å². The molecule has 0 amide bonds. The van der Waals surface area contributed by atoms with E-state index < -0.39 is 0 Å². The summed E-state index contributed by atoms with van der Waals surface area (Å²) in [5, 5.41) is 3.64. The number of methoxy groups -OCH3 is 1. The van der Waals surface area contributed by atoms with E-state index >= 15 is 0 Å². The van der Waals surface area contributed by atoms with Crippen molar-refractivity contribution in [3.8, 4) is 16.9 Å². The molecule has 2 aromatic rings. The average molecular weight is 281 g/mol. The highest BCUT2D eigenvalue weighted by Gasteiger charge is 2.22. The van der Waals surface area contributed by atoms with Gasteiger partial charge >= 0.3 is 0 Å². The van der Waals surface area contributed by atoms with Crippen LogP contribution in [-0.2, 0) is 6.42 Å². The van der Waals surface area contributed by atoms with Crippen molar-refractivity contribution in [3.05, 3.63) is 53.6 Å². The minimum atomic E-state index is 0.534. The zero-order chi connectivity index (χ0) is 14.7. The quantitative estimate of drug-likeness (QED) is 0.879. The van der Waals surface area contributed by atoms with Gasteiger partial charge in [-0.3, -0.25) is 0 Å². The number of benzene rings is 2. The van der Waals surface area contributed by atoms with Gasteiger partial charge in [0.15, 0.2) is 0 Å². The summed E-state index contributed by atoms with van der Waals surface area (Å²) in [5.41, 5.74) is 5.38. The van der Waals surface area contributed by atoms with Crippen LogP contribution in [0.4, 0.5) is 0 Å². The first-order valence-corrected chi connectivity index (χ1v) is 7.83. The highest BCUT2D eigenvalue weighted by molar-refractivity contribution is 5.71. The van der Waals surface area contributed by atoms with Crippen LogP contribution in [0.3, 0.4) is 0 Å². The Kier molecular flexibility index (Phi) is 4.26. The molecule has 0 heterocycles. The molecule has 0 fully saturated rings. The van der Waals surface area contributed by atoms with E-state index in [4.69, 9.17) is 4.74 Å². The number of para-hydroxylation sites is 1. The average Bonchev–Trinajstić information content (AvgIpc) is 2.95. The van der Waals surface area contributed by atoms with Gasteiger partial charge in [0.1, 0.15) is 5.75 Å². The van der Waals surface area contributed by atoms with Crippen LogP contribution < -0.4 is 10.1 Å². The second-order valence-corrected chi connectivity index (χ2v) is 5.66. The van der Waals surface area contributed by atoms with E-state index in [1.54, 1.807) is 7.11 Å². The molecule has 1 N–H and O–H groups in total. The van der Waals surface area contributed by atoms with Crippen LogP contribution in [0, 0.1) is 0 Å². The third-order valence-corrected chi connectivity index (χ3v) is 4.28. The zero-order valence-corrected chi connectivity index (χ0v) is 12.9. The van der Waals surface area contributed by atoms with E-state index in [2.05, 4.69) is 42.6 Å². The molecule has 0 aliphatic heterocycles. The smallest absolute Gasteiger partial charge is 0.126 e. The van der Waals surface area contributed by atoms with Gasteiger partial charge in [0.05, 0.1) is 7.11 Å². The molecule has 1 aliphatic carbocycles. The summed E-state index contributed by atoms with van der Waals surface area (Å²) < 4.78 is 5.48. The Bertz CT molecular complexity index is 621. The maximum Gasteiger partial charge on any atom is 0.126 e. The lowest BCUT2D eigenvalue weighted by Crippen LogP contribution is -2.19. The molecule has 0 aromatic heterocycles. The Morgan fingerprint density at radius 1 is 1.19 bits per heavy atom. The highest BCUT2D eigenvalue weighted by Crippen LogP contribution is 2.36. The fourth-order valence-corrected chi connectivity index (χ4v) is 3.20. The van der Waals surface area contributed by atoms with Crippen molar-refractivity contribution in [2.24, 2.45) is 0 Å². The molecule has 1 atom stereocenters. The molecular weight excluding hydrogens is 258 g/mol.